The molecule has 0 spiro atoms. The maximum absolute atomic E-state index is 12.6. The van der Waals surface area contributed by atoms with Crippen molar-refractivity contribution < 1.29 is 33.4 Å². The molecule has 1 atom stereocenters. The predicted molar refractivity (Wildman–Crippen MR) is 141 cm³/mol. The molecule has 0 aliphatic heterocycles. The largest absolute Gasteiger partial charge is 0.460 e. The molecule has 1 aromatic rings. The molecule has 0 heterocycles. The molecule has 208 valence electrons. The molecule has 0 fully saturated rings. The summed E-state index contributed by atoms with van der Waals surface area (Å²) in [7, 11) is 1.53. The SMILES string of the molecule is CN(CC(=O)OCc1cccc(Br)c1)NC(=O)C[C@H](CCNC(=O)OC(C)(C)C)NC(=O)OC(C)(C)C. The summed E-state index contributed by atoms with van der Waals surface area (Å²) in [6.07, 6.45) is -1.17. The average Bonchev–Trinajstić information content (AvgIpc) is 2.69. The number of rotatable bonds is 11. The van der Waals surface area contributed by atoms with Gasteiger partial charge in [0.15, 0.2) is 0 Å². The van der Waals surface area contributed by atoms with Crippen molar-refractivity contribution in [2.24, 2.45) is 0 Å². The number of ether oxygens (including phenoxy) is 3. The number of nitrogens with one attached hydrogen (secondary N) is 3. The second-order valence-electron chi connectivity index (χ2n) is 10.4. The zero-order valence-electron chi connectivity index (χ0n) is 22.6. The fraction of sp³-hybridized carbons (Fsp3) is 0.600. The van der Waals surface area contributed by atoms with E-state index in [1.165, 1.54) is 12.1 Å². The van der Waals surface area contributed by atoms with Crippen LogP contribution in [0.1, 0.15) is 59.9 Å². The topological polar surface area (TPSA) is 135 Å². The molecule has 12 heteroatoms. The fourth-order valence-corrected chi connectivity index (χ4v) is 3.36. The van der Waals surface area contributed by atoms with Crippen LogP contribution in [0.4, 0.5) is 9.59 Å². The Labute approximate surface area is 227 Å². The first kappa shape index (κ1) is 32.2. The maximum atomic E-state index is 12.6. The molecular weight excluding hydrogens is 548 g/mol. The van der Waals surface area contributed by atoms with Gasteiger partial charge in [0.1, 0.15) is 24.4 Å². The molecule has 37 heavy (non-hydrogen) atoms. The second kappa shape index (κ2) is 14.8. The van der Waals surface area contributed by atoms with E-state index in [0.717, 1.165) is 10.0 Å². The number of carbonyl (C=O) groups excluding carboxylic acids is 4. The van der Waals surface area contributed by atoms with Crippen LogP contribution in [-0.2, 0) is 30.4 Å². The minimum Gasteiger partial charge on any atom is -0.460 e. The Balaban J connectivity index is 2.59. The second-order valence-corrected chi connectivity index (χ2v) is 11.4. The molecule has 0 radical (unpaired) electrons. The number of nitrogens with zero attached hydrogens (tertiary/aromatic N) is 1. The monoisotopic (exact) mass is 586 g/mol. The Morgan fingerprint density at radius 2 is 1.62 bits per heavy atom. The van der Waals surface area contributed by atoms with Crippen LogP contribution in [0, 0.1) is 0 Å². The molecule has 0 aliphatic rings. The molecule has 0 unspecified atom stereocenters. The number of amides is 3. The number of likely N-dealkylation sites (N-methyl/N-ethyl adjacent to an activating group) is 1. The molecule has 1 rings (SSSR count). The van der Waals surface area contributed by atoms with Gasteiger partial charge in [-0.25, -0.2) is 14.6 Å². The summed E-state index contributed by atoms with van der Waals surface area (Å²) in [5, 5.41) is 6.56. The highest BCUT2D eigenvalue weighted by Gasteiger charge is 2.23. The standard InChI is InChI=1S/C25H39BrN4O7/c1-24(2,3)36-22(33)27-12-11-19(28-23(34)37-25(4,5)6)14-20(31)29-30(7)15-21(32)35-16-17-9-8-10-18(26)13-17/h8-10,13,19H,11-12,14-16H2,1-7H3,(H,27,33)(H,28,34)(H,29,31)/t19-/m0/s1. The number of hydrogen-bond donors (Lipinski definition) is 3. The summed E-state index contributed by atoms with van der Waals surface area (Å²) in [6.45, 7) is 10.5. The van der Waals surface area contributed by atoms with Crippen LogP contribution < -0.4 is 16.1 Å². The van der Waals surface area contributed by atoms with Crippen LogP contribution in [0.15, 0.2) is 28.7 Å². The van der Waals surface area contributed by atoms with Crippen molar-refractivity contribution in [2.75, 3.05) is 20.1 Å². The zero-order valence-corrected chi connectivity index (χ0v) is 24.2. The van der Waals surface area contributed by atoms with Crippen molar-refractivity contribution in [3.8, 4) is 0 Å². The summed E-state index contributed by atoms with van der Waals surface area (Å²) in [6, 6.07) is 6.73. The maximum Gasteiger partial charge on any atom is 0.407 e. The summed E-state index contributed by atoms with van der Waals surface area (Å²) in [5.74, 6) is -0.964. The normalized spacial score (nSPS) is 12.4. The van der Waals surface area contributed by atoms with E-state index in [-0.39, 0.29) is 32.5 Å². The van der Waals surface area contributed by atoms with E-state index < -0.39 is 41.3 Å². The first-order chi connectivity index (χ1) is 17.0. The Morgan fingerprint density at radius 3 is 2.22 bits per heavy atom. The summed E-state index contributed by atoms with van der Waals surface area (Å²) >= 11 is 3.36. The molecule has 0 bridgehead atoms. The molecule has 0 aromatic heterocycles. The number of hydrazine groups is 1. The van der Waals surface area contributed by atoms with Gasteiger partial charge < -0.3 is 24.8 Å². The fourth-order valence-electron chi connectivity index (χ4n) is 2.91. The molecule has 1 aromatic carbocycles. The smallest absolute Gasteiger partial charge is 0.407 e. The van der Waals surface area contributed by atoms with Gasteiger partial charge in [0.2, 0.25) is 5.91 Å². The molecule has 11 nitrogen and oxygen atoms in total. The molecule has 0 aliphatic carbocycles. The minimum atomic E-state index is -0.720. The van der Waals surface area contributed by atoms with Crippen LogP contribution in [-0.4, -0.2) is 66.5 Å². The van der Waals surface area contributed by atoms with E-state index in [4.69, 9.17) is 14.2 Å². The first-order valence-corrected chi connectivity index (χ1v) is 12.7. The van der Waals surface area contributed by atoms with E-state index >= 15 is 0 Å². The Kier molecular flexibility index (Phi) is 12.8. The van der Waals surface area contributed by atoms with Gasteiger partial charge in [-0.05, 0) is 65.7 Å². The molecule has 0 saturated heterocycles. The highest BCUT2D eigenvalue weighted by Crippen LogP contribution is 2.12. The van der Waals surface area contributed by atoms with Gasteiger partial charge in [0.25, 0.3) is 0 Å². The lowest BCUT2D eigenvalue weighted by Gasteiger charge is -2.25. The number of hydrogen-bond acceptors (Lipinski definition) is 8. The molecule has 3 N–H and O–H groups in total. The van der Waals surface area contributed by atoms with Crippen molar-refractivity contribution in [1.82, 2.24) is 21.1 Å². The van der Waals surface area contributed by atoms with Gasteiger partial charge in [-0.3, -0.25) is 15.0 Å². The first-order valence-electron chi connectivity index (χ1n) is 11.9. The Morgan fingerprint density at radius 1 is 1.00 bits per heavy atom. The minimum absolute atomic E-state index is 0.104. The lowest BCUT2D eigenvalue weighted by molar-refractivity contribution is -0.147. The lowest BCUT2D eigenvalue weighted by atomic mass is 10.1. The average molecular weight is 588 g/mol. The van der Waals surface area contributed by atoms with Crippen LogP contribution in [0.3, 0.4) is 0 Å². The van der Waals surface area contributed by atoms with E-state index in [1.807, 2.05) is 24.3 Å². The van der Waals surface area contributed by atoms with E-state index in [9.17, 15) is 19.2 Å². The quantitative estimate of drug-likeness (QED) is 0.203. The van der Waals surface area contributed by atoms with Crippen LogP contribution in [0.5, 0.6) is 0 Å². The van der Waals surface area contributed by atoms with Crippen LogP contribution in [0.25, 0.3) is 0 Å². The van der Waals surface area contributed by atoms with Crippen molar-refractivity contribution in [3.63, 3.8) is 0 Å². The van der Waals surface area contributed by atoms with E-state index in [1.54, 1.807) is 41.5 Å². The van der Waals surface area contributed by atoms with E-state index in [0.29, 0.717) is 0 Å². The van der Waals surface area contributed by atoms with E-state index in [2.05, 4.69) is 32.0 Å². The number of carbonyl (C=O) groups is 4. The third-order valence-corrected chi connectivity index (χ3v) is 4.78. The van der Waals surface area contributed by atoms with Crippen LogP contribution in [0.2, 0.25) is 0 Å². The molecule has 0 saturated carbocycles. The summed E-state index contributed by atoms with van der Waals surface area (Å²) < 4.78 is 16.6. The third-order valence-electron chi connectivity index (χ3n) is 4.28. The zero-order chi connectivity index (χ0) is 28.2. The van der Waals surface area contributed by atoms with Crippen molar-refractivity contribution >= 4 is 40.0 Å². The van der Waals surface area contributed by atoms with Crippen LogP contribution >= 0.6 is 15.9 Å². The molecular formula is C25H39BrN4O7. The Hall–Kier alpha value is -2.86. The van der Waals surface area contributed by atoms with Gasteiger partial charge in [-0.2, -0.15) is 0 Å². The third kappa shape index (κ3) is 16.5. The lowest BCUT2D eigenvalue weighted by Crippen LogP contribution is -2.47. The van der Waals surface area contributed by atoms with Crippen molar-refractivity contribution in [3.05, 3.63) is 34.3 Å². The Bertz CT molecular complexity index is 928. The highest BCUT2D eigenvalue weighted by atomic mass is 79.9. The van der Waals surface area contributed by atoms with Gasteiger partial charge in [-0.15, -0.1) is 0 Å². The number of halogens is 1. The number of esters is 1. The van der Waals surface area contributed by atoms with Gasteiger partial charge in [-0.1, -0.05) is 28.1 Å². The summed E-state index contributed by atoms with van der Waals surface area (Å²) in [5.41, 5.74) is 2.04. The summed E-state index contributed by atoms with van der Waals surface area (Å²) in [4.78, 5) is 48.9. The van der Waals surface area contributed by atoms with Gasteiger partial charge in [0, 0.05) is 30.5 Å². The highest BCUT2D eigenvalue weighted by molar-refractivity contribution is 9.10. The predicted octanol–water partition coefficient (Wildman–Crippen LogP) is 3.65. The van der Waals surface area contributed by atoms with Crippen molar-refractivity contribution in [1.29, 1.82) is 0 Å². The number of benzene rings is 1. The van der Waals surface area contributed by atoms with Gasteiger partial charge in [0.05, 0.1) is 0 Å². The van der Waals surface area contributed by atoms with Gasteiger partial charge >= 0.3 is 18.2 Å². The number of alkyl carbamates (subject to hydrolysis) is 2. The van der Waals surface area contributed by atoms with Crippen molar-refractivity contribution in [2.45, 2.75) is 78.2 Å². The molecule has 3 amide bonds.